The number of rotatable bonds is 7. The lowest BCUT2D eigenvalue weighted by Crippen LogP contribution is -2.19. The van der Waals surface area contributed by atoms with Crippen LogP contribution in [0.15, 0.2) is 64.0 Å². The first kappa shape index (κ1) is 16.7. The van der Waals surface area contributed by atoms with Crippen molar-refractivity contribution < 1.29 is 4.79 Å². The number of hydrazone groups is 1. The number of amides is 1. The van der Waals surface area contributed by atoms with Gasteiger partial charge in [0.2, 0.25) is 5.91 Å². The lowest BCUT2D eigenvalue weighted by Gasteiger charge is -1.98. The standard InChI is InChI=1S/C18H17N3OS2/c22-17(21-19-12-6-9-14-7-2-1-3-8-14)13-23-18-20-15-10-4-5-11-16(15)24-18/h1-5,7-8,10-12H,6,9,13H2,(H,21,22)/b19-12+. The van der Waals surface area contributed by atoms with E-state index in [1.807, 2.05) is 42.5 Å². The van der Waals surface area contributed by atoms with Crippen molar-refractivity contribution in [3.8, 4) is 0 Å². The summed E-state index contributed by atoms with van der Waals surface area (Å²) in [7, 11) is 0. The number of benzene rings is 2. The molecule has 1 N–H and O–H groups in total. The predicted octanol–water partition coefficient (Wildman–Crippen LogP) is 4.12. The Morgan fingerprint density at radius 2 is 1.96 bits per heavy atom. The molecule has 0 aliphatic heterocycles. The SMILES string of the molecule is O=C(CSc1nc2ccccc2s1)N/N=C/CCc1ccccc1. The van der Waals surface area contributed by atoms with E-state index in [1.54, 1.807) is 17.6 Å². The van der Waals surface area contributed by atoms with Crippen molar-refractivity contribution in [3.05, 3.63) is 60.2 Å². The van der Waals surface area contributed by atoms with E-state index in [-0.39, 0.29) is 5.91 Å². The number of nitrogens with one attached hydrogen (secondary N) is 1. The van der Waals surface area contributed by atoms with Crippen molar-refractivity contribution in [3.63, 3.8) is 0 Å². The molecule has 3 aromatic rings. The van der Waals surface area contributed by atoms with Crippen LogP contribution in [0.2, 0.25) is 0 Å². The highest BCUT2D eigenvalue weighted by molar-refractivity contribution is 8.01. The van der Waals surface area contributed by atoms with E-state index in [9.17, 15) is 4.79 Å². The van der Waals surface area contributed by atoms with E-state index in [1.165, 1.54) is 17.3 Å². The number of hydrogen-bond donors (Lipinski definition) is 1. The van der Waals surface area contributed by atoms with Crippen molar-refractivity contribution in [1.82, 2.24) is 10.4 Å². The molecule has 0 atom stereocenters. The fraction of sp³-hybridized carbons (Fsp3) is 0.167. The first-order chi connectivity index (χ1) is 11.8. The molecule has 0 saturated carbocycles. The normalized spacial score (nSPS) is 11.2. The monoisotopic (exact) mass is 355 g/mol. The van der Waals surface area contributed by atoms with Crippen LogP contribution >= 0.6 is 23.1 Å². The van der Waals surface area contributed by atoms with Crippen LogP contribution in [0.3, 0.4) is 0 Å². The molecule has 1 heterocycles. The number of thiazole rings is 1. The van der Waals surface area contributed by atoms with E-state index < -0.39 is 0 Å². The highest BCUT2D eigenvalue weighted by Crippen LogP contribution is 2.28. The average molecular weight is 355 g/mol. The van der Waals surface area contributed by atoms with Gasteiger partial charge in [-0.2, -0.15) is 5.10 Å². The van der Waals surface area contributed by atoms with Gasteiger partial charge in [0.25, 0.3) is 0 Å². The smallest absolute Gasteiger partial charge is 0.250 e. The van der Waals surface area contributed by atoms with E-state index in [4.69, 9.17) is 0 Å². The fourth-order valence-electron chi connectivity index (χ4n) is 2.13. The molecule has 4 nitrogen and oxygen atoms in total. The number of fused-ring (bicyclic) bond motifs is 1. The molecule has 3 rings (SSSR count). The zero-order chi connectivity index (χ0) is 16.6. The van der Waals surface area contributed by atoms with Crippen molar-refractivity contribution >= 4 is 45.4 Å². The van der Waals surface area contributed by atoms with Crippen molar-refractivity contribution in [1.29, 1.82) is 0 Å². The molecular formula is C18H17N3OS2. The Balaban J connectivity index is 1.38. The topological polar surface area (TPSA) is 54.4 Å². The fourth-order valence-corrected chi connectivity index (χ4v) is 3.99. The van der Waals surface area contributed by atoms with E-state index in [0.29, 0.717) is 5.75 Å². The Labute approximate surface area is 149 Å². The van der Waals surface area contributed by atoms with Crippen LogP contribution in [0.1, 0.15) is 12.0 Å². The number of aryl methyl sites for hydroxylation is 1. The van der Waals surface area contributed by atoms with Crippen LogP contribution in [-0.4, -0.2) is 22.9 Å². The third kappa shape index (κ3) is 4.91. The van der Waals surface area contributed by atoms with Gasteiger partial charge in [-0.3, -0.25) is 4.79 Å². The Kier molecular flexibility index (Phi) is 5.98. The van der Waals surface area contributed by atoms with Crippen molar-refractivity contribution in [2.75, 3.05) is 5.75 Å². The van der Waals surface area contributed by atoms with Crippen molar-refractivity contribution in [2.45, 2.75) is 17.2 Å². The molecule has 6 heteroatoms. The summed E-state index contributed by atoms with van der Waals surface area (Å²) in [6.45, 7) is 0. The van der Waals surface area contributed by atoms with Crippen LogP contribution in [-0.2, 0) is 11.2 Å². The summed E-state index contributed by atoms with van der Waals surface area (Å²) in [6, 6.07) is 18.2. The van der Waals surface area contributed by atoms with Gasteiger partial charge in [-0.25, -0.2) is 10.4 Å². The van der Waals surface area contributed by atoms with E-state index in [0.717, 1.165) is 27.4 Å². The highest BCUT2D eigenvalue weighted by Gasteiger charge is 2.06. The maximum atomic E-state index is 11.8. The molecule has 0 aliphatic carbocycles. The molecule has 0 saturated heterocycles. The molecule has 0 radical (unpaired) electrons. The minimum atomic E-state index is -0.116. The van der Waals surface area contributed by atoms with Crippen LogP contribution < -0.4 is 5.43 Å². The summed E-state index contributed by atoms with van der Waals surface area (Å²) in [5.41, 5.74) is 4.80. The molecule has 0 unspecified atom stereocenters. The predicted molar refractivity (Wildman–Crippen MR) is 102 cm³/mol. The van der Waals surface area contributed by atoms with Gasteiger partial charge < -0.3 is 0 Å². The average Bonchev–Trinajstić information content (AvgIpc) is 3.03. The lowest BCUT2D eigenvalue weighted by atomic mass is 10.1. The molecule has 0 aliphatic rings. The molecule has 1 aromatic heterocycles. The Bertz CT molecular complexity index is 797. The van der Waals surface area contributed by atoms with E-state index in [2.05, 4.69) is 27.6 Å². The minimum absolute atomic E-state index is 0.116. The molecule has 122 valence electrons. The van der Waals surface area contributed by atoms with Crippen molar-refractivity contribution in [2.24, 2.45) is 5.10 Å². The number of carbonyl (C=O) groups excluding carboxylic acids is 1. The second-order valence-corrected chi connectivity index (χ2v) is 7.36. The number of aromatic nitrogens is 1. The maximum absolute atomic E-state index is 11.8. The van der Waals surface area contributed by atoms with Gasteiger partial charge in [-0.15, -0.1) is 11.3 Å². The quantitative estimate of drug-likeness (QED) is 0.394. The summed E-state index contributed by atoms with van der Waals surface area (Å²) < 4.78 is 2.04. The van der Waals surface area contributed by atoms with Crippen LogP contribution in [0, 0.1) is 0 Å². The highest BCUT2D eigenvalue weighted by atomic mass is 32.2. The minimum Gasteiger partial charge on any atom is -0.272 e. The summed E-state index contributed by atoms with van der Waals surface area (Å²) in [5.74, 6) is 0.200. The summed E-state index contributed by atoms with van der Waals surface area (Å²) in [5, 5.41) is 3.99. The number of para-hydroxylation sites is 1. The van der Waals surface area contributed by atoms with Gasteiger partial charge in [0.15, 0.2) is 4.34 Å². The lowest BCUT2D eigenvalue weighted by molar-refractivity contribution is -0.118. The van der Waals surface area contributed by atoms with Crippen LogP contribution in [0.4, 0.5) is 0 Å². The van der Waals surface area contributed by atoms with Crippen LogP contribution in [0.5, 0.6) is 0 Å². The summed E-state index contributed by atoms with van der Waals surface area (Å²) in [6.07, 6.45) is 3.46. The number of carbonyl (C=O) groups is 1. The number of nitrogens with zero attached hydrogens (tertiary/aromatic N) is 2. The number of thioether (sulfide) groups is 1. The Hall–Kier alpha value is -2.18. The Morgan fingerprint density at radius 3 is 2.79 bits per heavy atom. The van der Waals surface area contributed by atoms with Gasteiger partial charge in [0.1, 0.15) is 0 Å². The molecule has 24 heavy (non-hydrogen) atoms. The molecular weight excluding hydrogens is 338 g/mol. The van der Waals surface area contributed by atoms with Gasteiger partial charge in [-0.05, 0) is 30.5 Å². The van der Waals surface area contributed by atoms with E-state index >= 15 is 0 Å². The van der Waals surface area contributed by atoms with Gasteiger partial charge in [0, 0.05) is 6.21 Å². The number of hydrogen-bond acceptors (Lipinski definition) is 5. The molecule has 0 spiro atoms. The molecule has 1 amide bonds. The molecule has 2 aromatic carbocycles. The molecule has 0 bridgehead atoms. The first-order valence-electron chi connectivity index (χ1n) is 7.64. The summed E-state index contributed by atoms with van der Waals surface area (Å²) >= 11 is 3.04. The second-order valence-electron chi connectivity index (χ2n) is 5.11. The third-order valence-electron chi connectivity index (χ3n) is 3.29. The summed E-state index contributed by atoms with van der Waals surface area (Å²) in [4.78, 5) is 16.3. The van der Waals surface area contributed by atoms with Gasteiger partial charge in [0.05, 0.1) is 16.0 Å². The first-order valence-corrected chi connectivity index (χ1v) is 9.44. The van der Waals surface area contributed by atoms with Gasteiger partial charge >= 0.3 is 0 Å². The maximum Gasteiger partial charge on any atom is 0.250 e. The zero-order valence-corrected chi connectivity index (χ0v) is 14.6. The van der Waals surface area contributed by atoms with Gasteiger partial charge in [-0.1, -0.05) is 54.2 Å². The molecule has 0 fully saturated rings. The largest absolute Gasteiger partial charge is 0.272 e. The van der Waals surface area contributed by atoms with Crippen LogP contribution in [0.25, 0.3) is 10.2 Å². The zero-order valence-electron chi connectivity index (χ0n) is 13.0. The second kappa shape index (κ2) is 8.61. The Morgan fingerprint density at radius 1 is 1.17 bits per heavy atom. The third-order valence-corrected chi connectivity index (χ3v) is 5.47.